The number of benzene rings is 2. The summed E-state index contributed by atoms with van der Waals surface area (Å²) in [5.74, 6) is -1.42. The number of carbonyl (C=O) groups excluding carboxylic acids is 1. The first-order chi connectivity index (χ1) is 13.7. The first-order valence-corrected chi connectivity index (χ1v) is 9.38. The minimum absolute atomic E-state index is 0.0877. The molecule has 8 heteroatoms. The molecule has 0 unspecified atom stereocenters. The number of carbonyl (C=O) groups is 2. The van der Waals surface area contributed by atoms with E-state index in [-0.39, 0.29) is 12.4 Å². The zero-order valence-electron chi connectivity index (χ0n) is 16.4. The van der Waals surface area contributed by atoms with Gasteiger partial charge in [-0.1, -0.05) is 48.0 Å². The predicted molar refractivity (Wildman–Crippen MR) is 115 cm³/mol. The Labute approximate surface area is 180 Å². The average Bonchev–Trinajstić information content (AvgIpc) is 2.69. The van der Waals surface area contributed by atoms with Crippen LogP contribution in [0.15, 0.2) is 48.6 Å². The molecule has 2 rings (SSSR count). The van der Waals surface area contributed by atoms with E-state index in [2.05, 4.69) is 11.9 Å². The van der Waals surface area contributed by atoms with Crippen LogP contribution < -0.4 is 5.32 Å². The summed E-state index contributed by atoms with van der Waals surface area (Å²) in [6, 6.07) is 10.6. The van der Waals surface area contributed by atoms with Crippen molar-refractivity contribution in [3.63, 3.8) is 0 Å². The average molecular weight is 440 g/mol. The molecule has 2 aromatic carbocycles. The molecule has 29 heavy (non-hydrogen) atoms. The van der Waals surface area contributed by atoms with E-state index in [4.69, 9.17) is 37.8 Å². The van der Waals surface area contributed by atoms with Gasteiger partial charge in [-0.25, -0.2) is 9.59 Å². The number of hydrogen-bond donors (Lipinski definition) is 2. The molecule has 156 valence electrons. The Morgan fingerprint density at radius 1 is 1.17 bits per heavy atom. The minimum atomic E-state index is -0.935. The lowest BCUT2D eigenvalue weighted by molar-refractivity contribution is -0.132. The van der Waals surface area contributed by atoms with Crippen LogP contribution in [0.25, 0.3) is 0 Å². The molecule has 0 amide bonds. The highest BCUT2D eigenvalue weighted by atomic mass is 35.5. The number of aryl methyl sites for hydroxylation is 1. The number of ether oxygens (including phenoxy) is 2. The molecule has 0 heterocycles. The van der Waals surface area contributed by atoms with Gasteiger partial charge in [0.1, 0.15) is 0 Å². The number of carboxylic acid groups (broad SMARTS) is 1. The van der Waals surface area contributed by atoms with Gasteiger partial charge >= 0.3 is 11.9 Å². The maximum atomic E-state index is 12.2. The van der Waals surface area contributed by atoms with Gasteiger partial charge < -0.3 is 19.9 Å². The summed E-state index contributed by atoms with van der Waals surface area (Å²) in [5, 5.41) is 12.0. The van der Waals surface area contributed by atoms with Crippen LogP contribution in [0.5, 0.6) is 0 Å². The van der Waals surface area contributed by atoms with E-state index in [9.17, 15) is 9.59 Å². The summed E-state index contributed by atoms with van der Waals surface area (Å²) in [5.41, 5.74) is 2.55. The van der Waals surface area contributed by atoms with Crippen molar-refractivity contribution in [3.8, 4) is 0 Å². The fraction of sp³-hybridized carbons (Fsp3) is 0.238. The number of rotatable bonds is 7. The number of esters is 1. The highest BCUT2D eigenvalue weighted by Crippen LogP contribution is 2.36. The second-order valence-corrected chi connectivity index (χ2v) is 6.64. The highest BCUT2D eigenvalue weighted by Gasteiger charge is 2.15. The first kappa shape index (κ1) is 24.5. The highest BCUT2D eigenvalue weighted by molar-refractivity contribution is 6.39. The van der Waals surface area contributed by atoms with E-state index in [1.807, 2.05) is 19.9 Å². The SMILES string of the molecule is C=C(C)C(=O)O.CCOCOC(=O)c1ccccc1Nc1c(Cl)ccc(C)c1Cl. The molecule has 0 aliphatic rings. The standard InChI is InChI=1S/C17H17Cl2NO3.C4H6O2/c1-3-22-10-23-17(21)12-6-4-5-7-14(12)20-16-13(18)9-8-11(2)15(16)19;1-3(2)4(5)6/h4-9,20H,3,10H2,1-2H3;1H2,2H3,(H,5,6). The molecule has 0 aromatic heterocycles. The van der Waals surface area contributed by atoms with E-state index in [1.165, 1.54) is 6.92 Å². The number of hydrogen-bond acceptors (Lipinski definition) is 5. The van der Waals surface area contributed by atoms with E-state index in [0.29, 0.717) is 33.6 Å². The Bertz CT molecular complexity index is 871. The van der Waals surface area contributed by atoms with Crippen molar-refractivity contribution in [1.82, 2.24) is 0 Å². The third-order valence-corrected chi connectivity index (χ3v) is 4.34. The summed E-state index contributed by atoms with van der Waals surface area (Å²) in [4.78, 5) is 21.8. The van der Waals surface area contributed by atoms with Crippen LogP contribution >= 0.6 is 23.2 Å². The van der Waals surface area contributed by atoms with Gasteiger partial charge in [-0.05, 0) is 44.5 Å². The van der Waals surface area contributed by atoms with Gasteiger partial charge in [0, 0.05) is 12.2 Å². The van der Waals surface area contributed by atoms with Crippen LogP contribution in [0.2, 0.25) is 10.0 Å². The van der Waals surface area contributed by atoms with Crippen molar-refractivity contribution < 1.29 is 24.2 Å². The maximum absolute atomic E-state index is 12.2. The molecule has 0 spiro atoms. The Morgan fingerprint density at radius 2 is 1.79 bits per heavy atom. The Hall–Kier alpha value is -2.54. The lowest BCUT2D eigenvalue weighted by Crippen LogP contribution is -2.11. The van der Waals surface area contributed by atoms with Gasteiger partial charge in [0.2, 0.25) is 0 Å². The molecule has 6 nitrogen and oxygen atoms in total. The Kier molecular flexibility index (Phi) is 10.2. The molecule has 0 saturated heterocycles. The smallest absolute Gasteiger partial charge is 0.342 e. The fourth-order valence-corrected chi connectivity index (χ4v) is 2.40. The normalized spacial score (nSPS) is 9.83. The second-order valence-electron chi connectivity index (χ2n) is 5.85. The molecular formula is C21H23Cl2NO5. The molecule has 0 atom stereocenters. The summed E-state index contributed by atoms with van der Waals surface area (Å²) < 4.78 is 10.1. The van der Waals surface area contributed by atoms with Crippen LogP contribution in [0.3, 0.4) is 0 Å². The topological polar surface area (TPSA) is 84.9 Å². The number of carboxylic acids is 1. The molecule has 0 radical (unpaired) electrons. The summed E-state index contributed by atoms with van der Waals surface area (Å²) >= 11 is 12.5. The van der Waals surface area contributed by atoms with Crippen molar-refractivity contribution in [2.24, 2.45) is 0 Å². The molecule has 2 N–H and O–H groups in total. The molecular weight excluding hydrogens is 417 g/mol. The van der Waals surface area contributed by atoms with Crippen LogP contribution in [0, 0.1) is 6.92 Å². The number of para-hydroxylation sites is 1. The van der Waals surface area contributed by atoms with Gasteiger partial charge in [-0.2, -0.15) is 0 Å². The van der Waals surface area contributed by atoms with Crippen molar-refractivity contribution >= 4 is 46.5 Å². The second kappa shape index (κ2) is 12.1. The van der Waals surface area contributed by atoms with Crippen LogP contribution in [0.1, 0.15) is 29.8 Å². The summed E-state index contributed by atoms with van der Waals surface area (Å²) in [7, 11) is 0. The van der Waals surface area contributed by atoms with Crippen molar-refractivity contribution in [2.75, 3.05) is 18.7 Å². The van der Waals surface area contributed by atoms with Crippen LogP contribution in [-0.4, -0.2) is 30.4 Å². The van der Waals surface area contributed by atoms with Gasteiger partial charge in [-0.3, -0.25) is 0 Å². The largest absolute Gasteiger partial charge is 0.478 e. The van der Waals surface area contributed by atoms with E-state index in [0.717, 1.165) is 5.56 Å². The lowest BCUT2D eigenvalue weighted by Gasteiger charge is -2.15. The molecule has 0 saturated carbocycles. The molecule has 0 aliphatic heterocycles. The minimum Gasteiger partial charge on any atom is -0.478 e. The molecule has 2 aromatic rings. The van der Waals surface area contributed by atoms with Crippen LogP contribution in [0.4, 0.5) is 11.4 Å². The zero-order valence-corrected chi connectivity index (χ0v) is 17.9. The third-order valence-electron chi connectivity index (χ3n) is 3.53. The van der Waals surface area contributed by atoms with Gasteiger partial charge in [-0.15, -0.1) is 0 Å². The van der Waals surface area contributed by atoms with Gasteiger partial charge in [0.15, 0.2) is 6.79 Å². The molecule has 0 bridgehead atoms. The summed E-state index contributed by atoms with van der Waals surface area (Å²) in [6.45, 7) is 8.69. The number of nitrogens with one attached hydrogen (secondary N) is 1. The molecule has 0 fully saturated rings. The zero-order chi connectivity index (χ0) is 22.0. The van der Waals surface area contributed by atoms with Crippen molar-refractivity contribution in [2.45, 2.75) is 20.8 Å². The Balaban J connectivity index is 0.000000612. The third kappa shape index (κ3) is 7.77. The maximum Gasteiger partial charge on any atom is 0.342 e. The number of aliphatic carboxylic acids is 1. The Morgan fingerprint density at radius 3 is 2.38 bits per heavy atom. The van der Waals surface area contributed by atoms with Gasteiger partial charge in [0.05, 0.1) is 27.0 Å². The first-order valence-electron chi connectivity index (χ1n) is 8.63. The van der Waals surface area contributed by atoms with E-state index >= 15 is 0 Å². The van der Waals surface area contributed by atoms with Gasteiger partial charge in [0.25, 0.3) is 0 Å². The number of halogens is 2. The quantitative estimate of drug-likeness (QED) is 0.243. The van der Waals surface area contributed by atoms with Crippen molar-refractivity contribution in [1.29, 1.82) is 0 Å². The monoisotopic (exact) mass is 439 g/mol. The van der Waals surface area contributed by atoms with E-state index in [1.54, 1.807) is 30.3 Å². The number of anilines is 2. The summed E-state index contributed by atoms with van der Waals surface area (Å²) in [6.07, 6.45) is 0. The van der Waals surface area contributed by atoms with Crippen molar-refractivity contribution in [3.05, 3.63) is 69.7 Å². The molecule has 0 aliphatic carbocycles. The van der Waals surface area contributed by atoms with E-state index < -0.39 is 11.9 Å². The van der Waals surface area contributed by atoms with Crippen LogP contribution in [-0.2, 0) is 14.3 Å². The lowest BCUT2D eigenvalue weighted by atomic mass is 10.1. The predicted octanol–water partition coefficient (Wildman–Crippen LogP) is 5.84. The fourth-order valence-electron chi connectivity index (χ4n) is 1.93.